The van der Waals surface area contributed by atoms with E-state index < -0.39 is 53.6 Å². The number of thioether (sulfide) groups is 5. The number of hydrogen-bond acceptors (Lipinski definition) is 20. The van der Waals surface area contributed by atoms with E-state index in [-0.39, 0.29) is 93.1 Å². The summed E-state index contributed by atoms with van der Waals surface area (Å²) < 4.78 is 6.16. The predicted octanol–water partition coefficient (Wildman–Crippen LogP) is 24.5. The lowest BCUT2D eigenvalue weighted by Crippen LogP contribution is -2.28. The number of aliphatic carboxylic acids is 5. The number of carboxylic acids is 5. The van der Waals surface area contributed by atoms with Crippen LogP contribution in [0, 0.1) is 6.92 Å². The number of carbonyl (C=O) groups is 10. The van der Waals surface area contributed by atoms with Crippen LogP contribution in [0.15, 0.2) is 276 Å². The molecule has 15 aromatic rings. The van der Waals surface area contributed by atoms with Crippen molar-refractivity contribution in [3.8, 4) is 28.4 Å². The standard InChI is InChI=1S/C23H24N2O3S.C23H26N2O3S.C22H24N2O3S.C21H22N2O3S.C20H20N2O3S/c1-23(2,20(26)11-12-21(27)28)29-22-24-13-14-25(22)19-10-9-16(15-7-8-15)17-5-3-4-6-18(17)19;1-15(2)16-9-10-19(18-8-6-5-7-17(16)18)25-14-13-24-22(25)29-23(3,4)20(26)11-12-21(27)28;1-4-15-9-10-18(17-8-6-5-7-16(15)17)24-14-13-23-21(24)28-22(2,3)19(25)11-12-20(26)27;1-14-8-9-17(16-7-5-4-6-15(14)16)23-13-12-22-20(23)27-21(2,3)18(24)10-11-19(25)26;1-20(2,17(23)10-11-18(24)25)26-19-21-12-13-22(19)16-9-5-7-14-6-3-4-8-15(14)16/h3-6,9-10,13-15H,7-8,11-12H2,1-2H3,(H,27,28);5-10,13-15H,11-12H2,1-4H3,(H,27,28);5-10,13-14H,4,11-12H2,1-3H3,(H,26,27);4-9,12-13H,10-11H2,1-3H3,(H,25,26);3-9,12-13H,10-11H2,1-2H3,(H,24,25). The molecule has 722 valence electrons. The molecule has 1 saturated carbocycles. The number of aromatic nitrogens is 10. The number of Topliss-reactive ketones (excluding diaryl/α,β-unsaturated/α-hetero) is 5. The number of aryl methyl sites for hydroxylation is 2. The quantitative estimate of drug-likeness (QED) is 0.0224. The lowest BCUT2D eigenvalue weighted by atomic mass is 9.95. The van der Waals surface area contributed by atoms with E-state index in [0.717, 1.165) is 66.9 Å². The van der Waals surface area contributed by atoms with E-state index in [1.54, 1.807) is 31.0 Å². The summed E-state index contributed by atoms with van der Waals surface area (Å²) in [6, 6.07) is 64.4. The molecule has 5 aromatic heterocycles. The number of carboxylic acid groups (broad SMARTS) is 5. The Hall–Kier alpha value is -13.0. The molecule has 30 heteroatoms. The second-order valence-electron chi connectivity index (χ2n) is 36.5. The third kappa shape index (κ3) is 26.5. The number of rotatable bonds is 38. The van der Waals surface area contributed by atoms with Crippen LogP contribution in [0.2, 0.25) is 0 Å². The minimum Gasteiger partial charge on any atom is -0.481 e. The molecule has 16 rings (SSSR count). The highest BCUT2D eigenvalue weighted by Crippen LogP contribution is 2.47. The normalized spacial score (nSPS) is 12.3. The zero-order chi connectivity index (χ0) is 100. The Morgan fingerprint density at radius 1 is 0.309 bits per heavy atom. The van der Waals surface area contributed by atoms with Gasteiger partial charge in [-0.3, -0.25) is 70.8 Å². The van der Waals surface area contributed by atoms with E-state index in [9.17, 15) is 47.9 Å². The predicted molar refractivity (Wildman–Crippen MR) is 555 cm³/mol. The Morgan fingerprint density at radius 2 is 0.576 bits per heavy atom. The summed E-state index contributed by atoms with van der Waals surface area (Å²) in [5.74, 6) is -4.21. The molecule has 1 aliphatic rings. The average molecular weight is 1970 g/mol. The summed E-state index contributed by atoms with van der Waals surface area (Å²) in [4.78, 5) is 139. The molecule has 5 N–H and O–H groups in total. The number of hydrogen-bond donors (Lipinski definition) is 5. The summed E-state index contributed by atoms with van der Waals surface area (Å²) in [6.45, 7) is 26.8. The van der Waals surface area contributed by atoms with Crippen LogP contribution in [0.1, 0.15) is 201 Å². The van der Waals surface area contributed by atoms with Crippen molar-refractivity contribution in [2.24, 2.45) is 0 Å². The molecular weight excluding hydrogens is 1850 g/mol. The van der Waals surface area contributed by atoms with Crippen molar-refractivity contribution in [2.45, 2.75) is 242 Å². The van der Waals surface area contributed by atoms with Crippen molar-refractivity contribution in [2.75, 3.05) is 0 Å². The number of ketones is 5. The molecule has 10 aromatic carbocycles. The van der Waals surface area contributed by atoms with Crippen molar-refractivity contribution < 1.29 is 73.5 Å². The summed E-state index contributed by atoms with van der Waals surface area (Å²) in [7, 11) is 0. The SMILES string of the molecule is CC(C)(Sc1nccn1-c1ccc(C2CC2)c2ccccc12)C(=O)CCC(=O)O.CC(C)(Sc1nccn1-c1cccc2ccccc12)C(=O)CCC(=O)O.CC(C)c1ccc(-n2ccnc2SC(C)(C)C(=O)CCC(=O)O)c2ccccc12.CCc1ccc(-n2ccnc2SC(C)(C)C(=O)CCC(=O)O)c2ccccc12.Cc1ccc(-n2ccnc2SC(C)(C)C(=O)CCC(=O)O)c2ccccc12. The van der Waals surface area contributed by atoms with Crippen molar-refractivity contribution in [1.82, 2.24) is 47.8 Å². The molecule has 0 unspecified atom stereocenters. The van der Waals surface area contributed by atoms with Crippen LogP contribution >= 0.6 is 58.8 Å². The number of benzene rings is 10. The first kappa shape index (κ1) is 105. The second kappa shape index (κ2) is 46.2. The molecule has 0 bridgehead atoms. The van der Waals surface area contributed by atoms with Gasteiger partial charge < -0.3 is 25.5 Å². The van der Waals surface area contributed by atoms with Gasteiger partial charge in [0.15, 0.2) is 25.8 Å². The third-order valence-corrected chi connectivity index (χ3v) is 30.1. The van der Waals surface area contributed by atoms with Gasteiger partial charge in [0, 0.05) is 121 Å². The summed E-state index contributed by atoms with van der Waals surface area (Å²) in [6.07, 6.45) is 20.9. The van der Waals surface area contributed by atoms with E-state index in [1.807, 2.05) is 190 Å². The van der Waals surface area contributed by atoms with E-state index in [4.69, 9.17) is 25.5 Å². The Labute approximate surface area is 829 Å². The van der Waals surface area contributed by atoms with Crippen molar-refractivity contribution >= 4 is 171 Å². The van der Waals surface area contributed by atoms with E-state index in [1.165, 1.54) is 121 Å². The Bertz CT molecular complexity index is 6890. The molecular formula is C109H116N10O15S5. The van der Waals surface area contributed by atoms with Gasteiger partial charge in [0.1, 0.15) is 28.9 Å². The van der Waals surface area contributed by atoms with Gasteiger partial charge in [-0.1, -0.05) is 237 Å². The zero-order valence-electron chi connectivity index (χ0n) is 80.4. The van der Waals surface area contributed by atoms with Crippen LogP contribution in [0.3, 0.4) is 0 Å². The number of nitrogens with zero attached hydrogens (tertiary/aromatic N) is 10. The van der Waals surface area contributed by atoms with E-state index >= 15 is 0 Å². The maximum Gasteiger partial charge on any atom is 0.303 e. The maximum absolute atomic E-state index is 12.6. The smallest absolute Gasteiger partial charge is 0.303 e. The van der Waals surface area contributed by atoms with Crippen LogP contribution in [0.4, 0.5) is 0 Å². The van der Waals surface area contributed by atoms with Gasteiger partial charge in [0.05, 0.1) is 84.3 Å². The van der Waals surface area contributed by atoms with Gasteiger partial charge in [-0.25, -0.2) is 24.9 Å². The van der Waals surface area contributed by atoms with Gasteiger partial charge in [0.2, 0.25) is 0 Å². The lowest BCUT2D eigenvalue weighted by molar-refractivity contribution is -0.139. The number of fused-ring (bicyclic) bond motifs is 5. The average Bonchev–Trinajstić information content (AvgIpc) is 1.65. The fraction of sp³-hybridized carbons (Fsp3) is 0.312. The highest BCUT2D eigenvalue weighted by molar-refractivity contribution is 8.02. The molecule has 0 saturated heterocycles. The first-order chi connectivity index (χ1) is 66.1. The highest BCUT2D eigenvalue weighted by Gasteiger charge is 2.37. The van der Waals surface area contributed by atoms with E-state index in [2.05, 4.69) is 174 Å². The number of imidazole rings is 5. The largest absolute Gasteiger partial charge is 0.481 e. The molecule has 25 nitrogen and oxygen atoms in total. The van der Waals surface area contributed by atoms with Crippen LogP contribution in [-0.4, -0.2) is 156 Å². The first-order valence-electron chi connectivity index (χ1n) is 46.0. The molecule has 1 aliphatic carbocycles. The Balaban J connectivity index is 0.000000156. The van der Waals surface area contributed by atoms with Crippen molar-refractivity contribution in [3.05, 3.63) is 272 Å². The minimum atomic E-state index is -0.962. The van der Waals surface area contributed by atoms with Crippen LogP contribution in [0.25, 0.3) is 82.3 Å². The zero-order valence-corrected chi connectivity index (χ0v) is 84.4. The molecule has 1 fully saturated rings. The number of carbonyl (C=O) groups excluding carboxylic acids is 5. The van der Waals surface area contributed by atoms with Gasteiger partial charge >= 0.3 is 29.8 Å². The topological polar surface area (TPSA) is 361 Å². The lowest BCUT2D eigenvalue weighted by Gasteiger charge is -2.23. The Kier molecular flexibility index (Phi) is 34.9. The summed E-state index contributed by atoms with van der Waals surface area (Å²) in [5, 5.41) is 59.4. The molecule has 0 aliphatic heterocycles. The third-order valence-electron chi connectivity index (χ3n) is 24.0. The van der Waals surface area contributed by atoms with Gasteiger partial charge in [-0.15, -0.1) is 0 Å². The second-order valence-corrected chi connectivity index (χ2v) is 44.5. The van der Waals surface area contributed by atoms with Gasteiger partial charge in [-0.2, -0.15) is 0 Å². The molecule has 0 radical (unpaired) electrons. The van der Waals surface area contributed by atoms with Crippen LogP contribution < -0.4 is 0 Å². The van der Waals surface area contributed by atoms with Crippen LogP contribution in [0.5, 0.6) is 0 Å². The molecule has 139 heavy (non-hydrogen) atoms. The molecule has 5 heterocycles. The Morgan fingerprint density at radius 3 is 0.914 bits per heavy atom. The van der Waals surface area contributed by atoms with Gasteiger partial charge in [0.25, 0.3) is 0 Å². The van der Waals surface area contributed by atoms with Crippen molar-refractivity contribution in [1.29, 1.82) is 0 Å². The molecule has 0 atom stereocenters. The summed E-state index contributed by atoms with van der Waals surface area (Å²) in [5.41, 5.74) is 10.3. The monoisotopic (exact) mass is 1960 g/mol. The fourth-order valence-electron chi connectivity index (χ4n) is 16.0. The fourth-order valence-corrected chi connectivity index (χ4v) is 21.2. The van der Waals surface area contributed by atoms with Crippen molar-refractivity contribution in [3.63, 3.8) is 0 Å². The summed E-state index contributed by atoms with van der Waals surface area (Å²) >= 11 is 6.81. The van der Waals surface area contributed by atoms with E-state index in [0.29, 0.717) is 32.5 Å². The highest BCUT2D eigenvalue weighted by atomic mass is 32.2. The minimum absolute atomic E-state index is 0.0159. The first-order valence-corrected chi connectivity index (χ1v) is 50.1. The molecule has 0 amide bonds. The van der Waals surface area contributed by atoms with Gasteiger partial charge in [-0.05, 0) is 187 Å². The molecule has 0 spiro atoms. The van der Waals surface area contributed by atoms with Crippen LogP contribution in [-0.2, 0) is 54.4 Å². The maximum atomic E-state index is 12.6.